The van der Waals surface area contributed by atoms with Gasteiger partial charge in [-0.3, -0.25) is 9.36 Å². The molecule has 11 heteroatoms. The van der Waals surface area contributed by atoms with Gasteiger partial charge in [-0.05, 0) is 82.2 Å². The first-order valence-electron chi connectivity index (χ1n) is 15.6. The zero-order chi connectivity index (χ0) is 34.3. The highest BCUT2D eigenvalue weighted by Gasteiger charge is 2.34. The van der Waals surface area contributed by atoms with Gasteiger partial charge in [-0.15, -0.1) is 0 Å². The largest absolute Gasteiger partial charge is 0.493 e. The molecule has 1 atom stereocenters. The molecule has 1 aliphatic rings. The van der Waals surface area contributed by atoms with E-state index < -0.39 is 12.0 Å². The summed E-state index contributed by atoms with van der Waals surface area (Å²) < 4.78 is 21.4. The summed E-state index contributed by atoms with van der Waals surface area (Å²) in [7, 11) is 1.56. The first-order chi connectivity index (χ1) is 23.0. The van der Waals surface area contributed by atoms with Crippen molar-refractivity contribution in [2.45, 2.75) is 53.3 Å². The van der Waals surface area contributed by atoms with Crippen LogP contribution in [0.25, 0.3) is 17.0 Å². The fraction of sp³-hybridized carbons (Fsp3) is 0.270. The number of methoxy groups -OCH3 is 1. The summed E-state index contributed by atoms with van der Waals surface area (Å²) in [6.45, 7) is 10.2. The molecule has 2 aromatic heterocycles. The molecule has 0 N–H and O–H groups in total. The van der Waals surface area contributed by atoms with E-state index in [9.17, 15) is 9.59 Å². The lowest BCUT2D eigenvalue weighted by molar-refractivity contribution is -0.139. The molecule has 0 spiro atoms. The van der Waals surface area contributed by atoms with E-state index in [1.165, 1.54) is 11.3 Å². The van der Waals surface area contributed by atoms with Gasteiger partial charge in [0, 0.05) is 28.7 Å². The number of rotatable bonds is 9. The maximum absolute atomic E-state index is 14.4. The third-order valence-corrected chi connectivity index (χ3v) is 9.98. The van der Waals surface area contributed by atoms with Crippen LogP contribution in [-0.4, -0.2) is 34.9 Å². The SMILES string of the molecule is CCOC(=O)C1=C(C)N=c2s/c(=C/c3c(C)n(Cc4ccc(Cl)c(Cl)c4)c4ccccc34)c(=O)n2[C@@H]1c1ccc(OC(C)C)c(OC)c1. The van der Waals surface area contributed by atoms with Crippen molar-refractivity contribution in [3.63, 3.8) is 0 Å². The number of allylic oxidation sites excluding steroid dienone is 1. The van der Waals surface area contributed by atoms with Crippen LogP contribution in [0.1, 0.15) is 56.1 Å². The molecule has 0 saturated heterocycles. The Hall–Kier alpha value is -4.31. The number of benzene rings is 3. The number of hydrogen-bond donors (Lipinski definition) is 0. The van der Waals surface area contributed by atoms with Crippen LogP contribution >= 0.6 is 34.5 Å². The predicted molar refractivity (Wildman–Crippen MR) is 191 cm³/mol. The summed E-state index contributed by atoms with van der Waals surface area (Å²) >= 11 is 13.8. The van der Waals surface area contributed by atoms with Gasteiger partial charge in [0.15, 0.2) is 16.3 Å². The molecular formula is C37H35Cl2N3O5S. The number of hydrogen-bond acceptors (Lipinski definition) is 7. The quantitative estimate of drug-likeness (QED) is 0.152. The van der Waals surface area contributed by atoms with Crippen molar-refractivity contribution in [2.24, 2.45) is 4.99 Å². The highest BCUT2D eigenvalue weighted by Crippen LogP contribution is 2.37. The lowest BCUT2D eigenvalue weighted by Gasteiger charge is -2.25. The molecule has 48 heavy (non-hydrogen) atoms. The second-order valence-electron chi connectivity index (χ2n) is 11.7. The molecule has 0 amide bonds. The van der Waals surface area contributed by atoms with Crippen LogP contribution in [0, 0.1) is 6.92 Å². The van der Waals surface area contributed by atoms with Gasteiger partial charge in [-0.25, -0.2) is 9.79 Å². The smallest absolute Gasteiger partial charge is 0.338 e. The number of carbonyl (C=O) groups excluding carboxylic acids is 1. The molecule has 0 saturated carbocycles. The van der Waals surface area contributed by atoms with E-state index in [0.717, 1.165) is 27.7 Å². The molecule has 0 unspecified atom stereocenters. The van der Waals surface area contributed by atoms with Crippen LogP contribution in [0.2, 0.25) is 10.0 Å². The molecular weight excluding hydrogens is 669 g/mol. The predicted octanol–water partition coefficient (Wildman–Crippen LogP) is 7.21. The maximum Gasteiger partial charge on any atom is 0.338 e. The molecule has 248 valence electrons. The number of fused-ring (bicyclic) bond motifs is 2. The minimum atomic E-state index is -0.790. The van der Waals surface area contributed by atoms with Gasteiger partial charge in [0.2, 0.25) is 0 Å². The summed E-state index contributed by atoms with van der Waals surface area (Å²) in [5, 5.41) is 2.01. The average Bonchev–Trinajstić information content (AvgIpc) is 3.50. The Morgan fingerprint density at radius 3 is 2.52 bits per heavy atom. The number of nitrogens with zero attached hydrogens (tertiary/aromatic N) is 3. The van der Waals surface area contributed by atoms with Crippen LogP contribution in [0.15, 0.2) is 81.7 Å². The first-order valence-corrected chi connectivity index (χ1v) is 17.2. The number of ether oxygens (including phenoxy) is 3. The van der Waals surface area contributed by atoms with E-state index in [2.05, 4.69) is 16.7 Å². The Balaban J connectivity index is 1.53. The Morgan fingerprint density at radius 1 is 1.04 bits per heavy atom. The van der Waals surface area contributed by atoms with E-state index in [1.807, 2.05) is 57.2 Å². The number of para-hydroxylation sites is 1. The number of aromatic nitrogens is 2. The van der Waals surface area contributed by atoms with E-state index in [-0.39, 0.29) is 18.3 Å². The summed E-state index contributed by atoms with van der Waals surface area (Å²) in [5.74, 6) is 0.530. The van der Waals surface area contributed by atoms with Crippen LogP contribution in [0.5, 0.6) is 11.5 Å². The number of halogens is 2. The van der Waals surface area contributed by atoms with Crippen molar-refractivity contribution in [2.75, 3.05) is 13.7 Å². The molecule has 6 rings (SSSR count). The molecule has 0 fully saturated rings. The standard InChI is InChI=1S/C37H35Cl2N3O5S/c1-7-46-36(44)33-21(4)40-37-42(34(33)24-13-15-30(47-20(2)3)31(17-24)45-6)35(43)32(48-37)18-26-22(5)41(29-11-9-8-10-25(26)29)19-23-12-14-27(38)28(39)16-23/h8-18,20,34H,7,19H2,1-6H3/b32-18+/t34-/m1/s1. The van der Waals surface area contributed by atoms with Gasteiger partial charge in [0.1, 0.15) is 0 Å². The monoisotopic (exact) mass is 703 g/mol. The second kappa shape index (κ2) is 13.7. The molecule has 3 heterocycles. The maximum atomic E-state index is 14.4. The molecule has 0 bridgehead atoms. The van der Waals surface area contributed by atoms with Gasteiger partial charge >= 0.3 is 5.97 Å². The molecule has 1 aliphatic heterocycles. The lowest BCUT2D eigenvalue weighted by Crippen LogP contribution is -2.40. The zero-order valence-corrected chi connectivity index (χ0v) is 29.8. The highest BCUT2D eigenvalue weighted by atomic mass is 35.5. The Bertz CT molecular complexity index is 2280. The normalized spacial score (nSPS) is 14.8. The van der Waals surface area contributed by atoms with Crippen LogP contribution in [-0.2, 0) is 16.1 Å². The first kappa shape index (κ1) is 33.6. The Kier molecular flexibility index (Phi) is 9.56. The number of esters is 1. The third kappa shape index (κ3) is 6.18. The van der Waals surface area contributed by atoms with E-state index >= 15 is 0 Å². The molecule has 8 nitrogen and oxygen atoms in total. The number of thiazole rings is 1. The summed E-state index contributed by atoms with van der Waals surface area (Å²) in [6, 6.07) is 18.4. The second-order valence-corrected chi connectivity index (χ2v) is 13.6. The summed E-state index contributed by atoms with van der Waals surface area (Å²) in [5.41, 5.74) is 5.12. The fourth-order valence-corrected chi connectivity index (χ4v) is 7.46. The lowest BCUT2D eigenvalue weighted by atomic mass is 9.95. The van der Waals surface area contributed by atoms with Crippen LogP contribution in [0.3, 0.4) is 0 Å². The Morgan fingerprint density at radius 2 is 1.81 bits per heavy atom. The molecule has 3 aromatic carbocycles. The van der Waals surface area contributed by atoms with Gasteiger partial charge in [0.25, 0.3) is 5.56 Å². The van der Waals surface area contributed by atoms with Gasteiger partial charge < -0.3 is 18.8 Å². The van der Waals surface area contributed by atoms with Gasteiger partial charge in [-0.1, -0.05) is 64.9 Å². The molecule has 0 radical (unpaired) electrons. The van der Waals surface area contributed by atoms with Gasteiger partial charge in [-0.2, -0.15) is 0 Å². The van der Waals surface area contributed by atoms with Crippen molar-refractivity contribution in [3.8, 4) is 11.5 Å². The Labute approximate surface area is 292 Å². The molecule has 0 aliphatic carbocycles. The van der Waals surface area contributed by atoms with E-state index in [0.29, 0.717) is 54.3 Å². The van der Waals surface area contributed by atoms with Gasteiger partial charge in [0.05, 0.1) is 51.7 Å². The van der Waals surface area contributed by atoms with Crippen LogP contribution < -0.4 is 24.4 Å². The van der Waals surface area contributed by atoms with Crippen molar-refractivity contribution in [3.05, 3.63) is 124 Å². The van der Waals surface area contributed by atoms with E-state index in [4.69, 9.17) is 42.4 Å². The highest BCUT2D eigenvalue weighted by molar-refractivity contribution is 7.07. The minimum Gasteiger partial charge on any atom is -0.493 e. The molecule has 5 aromatic rings. The van der Waals surface area contributed by atoms with Crippen molar-refractivity contribution in [1.29, 1.82) is 0 Å². The third-order valence-electron chi connectivity index (χ3n) is 8.26. The van der Waals surface area contributed by atoms with Crippen molar-refractivity contribution < 1.29 is 19.0 Å². The average molecular weight is 705 g/mol. The van der Waals surface area contributed by atoms with Crippen LogP contribution in [0.4, 0.5) is 0 Å². The topological polar surface area (TPSA) is 84.1 Å². The minimum absolute atomic E-state index is 0.0713. The zero-order valence-electron chi connectivity index (χ0n) is 27.5. The van der Waals surface area contributed by atoms with Crippen molar-refractivity contribution >= 4 is 57.5 Å². The number of carbonyl (C=O) groups is 1. The fourth-order valence-electron chi connectivity index (χ4n) is 6.11. The van der Waals surface area contributed by atoms with E-state index in [1.54, 1.807) is 43.7 Å². The summed E-state index contributed by atoms with van der Waals surface area (Å²) in [6.07, 6.45) is 1.85. The summed E-state index contributed by atoms with van der Waals surface area (Å²) in [4.78, 5) is 33.1. The van der Waals surface area contributed by atoms with Crippen molar-refractivity contribution in [1.82, 2.24) is 9.13 Å².